The summed E-state index contributed by atoms with van der Waals surface area (Å²) in [6, 6.07) is 11.6. The summed E-state index contributed by atoms with van der Waals surface area (Å²) in [4.78, 5) is 13.4. The number of carbonyl (C=O) groups excluding carboxylic acids is 1. The Morgan fingerprint density at radius 2 is 2.17 bits per heavy atom. The van der Waals surface area contributed by atoms with Crippen molar-refractivity contribution in [1.82, 2.24) is 30.2 Å². The third kappa shape index (κ3) is 4.62. The minimum atomic E-state index is -0.323. The molecule has 0 unspecified atom stereocenters. The molecule has 0 spiro atoms. The molecule has 1 N–H and O–H groups in total. The Hall–Kier alpha value is -3.33. The first kappa shape index (κ1) is 20.0. The van der Waals surface area contributed by atoms with Crippen molar-refractivity contribution in [2.75, 3.05) is 6.61 Å². The Morgan fingerprint density at radius 1 is 1.33 bits per heavy atom. The highest BCUT2D eigenvalue weighted by Gasteiger charge is 2.18. The van der Waals surface area contributed by atoms with Crippen molar-refractivity contribution in [3.63, 3.8) is 0 Å². The molecule has 9 heteroatoms. The van der Waals surface area contributed by atoms with Crippen molar-refractivity contribution < 1.29 is 9.53 Å². The molecule has 0 radical (unpaired) electrons. The van der Waals surface area contributed by atoms with E-state index in [1.165, 1.54) is 4.80 Å². The monoisotopic (exact) mass is 407 g/mol. The van der Waals surface area contributed by atoms with Gasteiger partial charge < -0.3 is 9.30 Å². The first-order valence-corrected chi connectivity index (χ1v) is 10.0. The predicted molar refractivity (Wildman–Crippen MR) is 112 cm³/mol. The van der Waals surface area contributed by atoms with Gasteiger partial charge in [-0.05, 0) is 38.0 Å². The highest BCUT2D eigenvalue weighted by molar-refractivity contribution is 5.83. The molecule has 1 fully saturated rings. The van der Waals surface area contributed by atoms with E-state index in [2.05, 4.69) is 50.4 Å². The number of aromatic nitrogens is 5. The number of hydrogen-bond acceptors (Lipinski definition) is 6. The lowest BCUT2D eigenvalue weighted by molar-refractivity contribution is -0.122. The number of benzene rings is 1. The summed E-state index contributed by atoms with van der Waals surface area (Å²) in [6.45, 7) is 5.75. The smallest absolute Gasteiger partial charge is 0.263 e. The van der Waals surface area contributed by atoms with Crippen LogP contribution in [0.1, 0.15) is 29.8 Å². The molecule has 1 aliphatic rings. The molecule has 1 aliphatic heterocycles. The maximum atomic E-state index is 12.2. The Morgan fingerprint density at radius 3 is 2.93 bits per heavy atom. The molecule has 0 saturated carbocycles. The number of rotatable bonds is 7. The summed E-state index contributed by atoms with van der Waals surface area (Å²) < 4.78 is 7.98. The van der Waals surface area contributed by atoms with Crippen LogP contribution in [0.15, 0.2) is 41.5 Å². The Kier molecular flexibility index (Phi) is 5.99. The third-order valence-corrected chi connectivity index (χ3v) is 5.19. The van der Waals surface area contributed by atoms with E-state index in [0.717, 1.165) is 48.5 Å². The van der Waals surface area contributed by atoms with Crippen molar-refractivity contribution in [2.45, 2.75) is 45.9 Å². The normalized spacial score (nSPS) is 16.4. The number of amides is 1. The van der Waals surface area contributed by atoms with Gasteiger partial charge >= 0.3 is 0 Å². The molecule has 1 amide bonds. The first-order chi connectivity index (χ1) is 14.6. The van der Waals surface area contributed by atoms with Gasteiger partial charge in [-0.2, -0.15) is 9.90 Å². The van der Waals surface area contributed by atoms with Crippen molar-refractivity contribution in [3.8, 4) is 11.4 Å². The van der Waals surface area contributed by atoms with Gasteiger partial charge in [-0.3, -0.25) is 4.79 Å². The fourth-order valence-electron chi connectivity index (χ4n) is 3.58. The van der Waals surface area contributed by atoms with E-state index in [-0.39, 0.29) is 18.6 Å². The summed E-state index contributed by atoms with van der Waals surface area (Å²) in [5.41, 5.74) is 6.59. The summed E-state index contributed by atoms with van der Waals surface area (Å²) in [6.07, 6.45) is 4.16. The van der Waals surface area contributed by atoms with Crippen LogP contribution >= 0.6 is 0 Å². The first-order valence-electron chi connectivity index (χ1n) is 10.0. The molecule has 1 aromatic carbocycles. The van der Waals surface area contributed by atoms with E-state index in [9.17, 15) is 4.79 Å². The van der Waals surface area contributed by atoms with Crippen LogP contribution in [0.4, 0.5) is 0 Å². The second-order valence-electron chi connectivity index (χ2n) is 7.37. The highest BCUT2D eigenvalue weighted by Crippen LogP contribution is 2.19. The molecular formula is C21H25N7O2. The summed E-state index contributed by atoms with van der Waals surface area (Å²) in [5.74, 6) is 0.155. The van der Waals surface area contributed by atoms with Gasteiger partial charge in [0, 0.05) is 35.7 Å². The third-order valence-electron chi connectivity index (χ3n) is 5.19. The second kappa shape index (κ2) is 9.00. The molecule has 0 bridgehead atoms. The number of tetrazole rings is 1. The van der Waals surface area contributed by atoms with Crippen LogP contribution in [0, 0.1) is 13.8 Å². The second-order valence-corrected chi connectivity index (χ2v) is 7.37. The number of aryl methyl sites for hydroxylation is 1. The van der Waals surface area contributed by atoms with Gasteiger partial charge in [-0.25, -0.2) is 5.43 Å². The maximum Gasteiger partial charge on any atom is 0.263 e. The Bertz CT molecular complexity index is 1030. The highest BCUT2D eigenvalue weighted by atomic mass is 16.5. The van der Waals surface area contributed by atoms with E-state index in [1.54, 1.807) is 6.21 Å². The number of nitrogens with one attached hydrogen (secondary N) is 1. The largest absolute Gasteiger partial charge is 0.376 e. The topological polar surface area (TPSA) is 99.2 Å². The molecule has 3 heterocycles. The van der Waals surface area contributed by atoms with E-state index in [0.29, 0.717) is 5.82 Å². The van der Waals surface area contributed by atoms with Gasteiger partial charge in [0.05, 0.1) is 12.3 Å². The van der Waals surface area contributed by atoms with E-state index in [4.69, 9.17) is 4.74 Å². The predicted octanol–water partition coefficient (Wildman–Crippen LogP) is 2.09. The van der Waals surface area contributed by atoms with Crippen LogP contribution in [0.25, 0.3) is 11.4 Å². The zero-order valence-electron chi connectivity index (χ0n) is 17.2. The van der Waals surface area contributed by atoms with Crippen LogP contribution in [0.5, 0.6) is 0 Å². The van der Waals surface area contributed by atoms with Gasteiger partial charge in [0.25, 0.3) is 5.91 Å². The van der Waals surface area contributed by atoms with Crippen LogP contribution in [-0.2, 0) is 22.6 Å². The molecule has 2 aromatic heterocycles. The Labute approximate surface area is 174 Å². The fourth-order valence-corrected chi connectivity index (χ4v) is 3.58. The van der Waals surface area contributed by atoms with Gasteiger partial charge in [0.15, 0.2) is 0 Å². The van der Waals surface area contributed by atoms with Crippen LogP contribution in [0.3, 0.4) is 0 Å². The van der Waals surface area contributed by atoms with Gasteiger partial charge in [0.2, 0.25) is 5.82 Å². The lowest BCUT2D eigenvalue weighted by Gasteiger charge is -2.14. The van der Waals surface area contributed by atoms with Crippen LogP contribution in [0.2, 0.25) is 0 Å². The fraction of sp³-hybridized carbons (Fsp3) is 0.381. The molecule has 1 atom stereocenters. The summed E-state index contributed by atoms with van der Waals surface area (Å²) in [7, 11) is 0. The SMILES string of the molecule is Cc1cc(/C=N\NC(=O)Cn2nnc(-c3ccccc3)n2)c(C)n1C[C@@H]1CCCO1. The van der Waals surface area contributed by atoms with Crippen molar-refractivity contribution in [3.05, 3.63) is 53.3 Å². The summed E-state index contributed by atoms with van der Waals surface area (Å²) in [5, 5.41) is 16.2. The van der Waals surface area contributed by atoms with Gasteiger partial charge in [0.1, 0.15) is 6.54 Å². The molecule has 4 rings (SSSR count). The molecule has 30 heavy (non-hydrogen) atoms. The zero-order chi connectivity index (χ0) is 20.9. The zero-order valence-corrected chi connectivity index (χ0v) is 17.2. The Balaban J connectivity index is 1.33. The lowest BCUT2D eigenvalue weighted by atomic mass is 10.2. The number of hydrazone groups is 1. The maximum absolute atomic E-state index is 12.2. The van der Waals surface area contributed by atoms with E-state index >= 15 is 0 Å². The average Bonchev–Trinajstić information content (AvgIpc) is 3.48. The quantitative estimate of drug-likeness (QED) is 0.478. The van der Waals surface area contributed by atoms with Gasteiger partial charge in [-0.15, -0.1) is 10.2 Å². The average molecular weight is 407 g/mol. The molecule has 9 nitrogen and oxygen atoms in total. The minimum Gasteiger partial charge on any atom is -0.376 e. The molecule has 156 valence electrons. The molecule has 3 aromatic rings. The lowest BCUT2D eigenvalue weighted by Crippen LogP contribution is -2.24. The molecular weight excluding hydrogens is 382 g/mol. The number of nitrogens with zero attached hydrogens (tertiary/aromatic N) is 6. The number of hydrogen-bond donors (Lipinski definition) is 1. The van der Waals surface area contributed by atoms with E-state index < -0.39 is 0 Å². The standard InChI is InChI=1S/C21H25N7O2/c1-15-11-18(16(2)27(15)13-19-9-6-10-30-19)12-22-23-20(29)14-28-25-21(24-26-28)17-7-4-3-5-8-17/h3-5,7-8,11-12,19H,6,9-10,13-14H2,1-2H3,(H,23,29)/b22-12-/t19-/m0/s1. The van der Waals surface area contributed by atoms with Crippen LogP contribution < -0.4 is 5.43 Å². The van der Waals surface area contributed by atoms with Crippen molar-refractivity contribution >= 4 is 12.1 Å². The van der Waals surface area contributed by atoms with Crippen LogP contribution in [-0.4, -0.2) is 49.6 Å². The van der Waals surface area contributed by atoms with E-state index in [1.807, 2.05) is 30.3 Å². The van der Waals surface area contributed by atoms with Gasteiger partial charge in [-0.1, -0.05) is 30.3 Å². The minimum absolute atomic E-state index is 0.0603. The van der Waals surface area contributed by atoms with Crippen molar-refractivity contribution in [1.29, 1.82) is 0 Å². The number of ether oxygens (including phenoxy) is 1. The summed E-state index contributed by atoms with van der Waals surface area (Å²) >= 11 is 0. The molecule has 0 aliphatic carbocycles. The van der Waals surface area contributed by atoms with Crippen molar-refractivity contribution in [2.24, 2.45) is 5.10 Å². The number of carbonyl (C=O) groups is 1. The molecule has 1 saturated heterocycles.